The van der Waals surface area contributed by atoms with Crippen LogP contribution in [0.1, 0.15) is 26.3 Å². The molecule has 0 unspecified atom stereocenters. The highest BCUT2D eigenvalue weighted by Gasteiger charge is 2.16. The van der Waals surface area contributed by atoms with Gasteiger partial charge in [-0.2, -0.15) is 0 Å². The fraction of sp³-hybridized carbons (Fsp3) is 0.0323. The van der Waals surface area contributed by atoms with Crippen molar-refractivity contribution in [2.24, 2.45) is 0 Å². The molecule has 10 heteroatoms. The molecule has 0 heterocycles. The Balaban J connectivity index is 1.44. The van der Waals surface area contributed by atoms with Gasteiger partial charge in [0, 0.05) is 27.4 Å². The lowest BCUT2D eigenvalue weighted by atomic mass is 10.1. The van der Waals surface area contributed by atoms with Gasteiger partial charge in [-0.05, 0) is 60.7 Å². The van der Waals surface area contributed by atoms with Crippen LogP contribution >= 0.6 is 11.8 Å². The van der Waals surface area contributed by atoms with Gasteiger partial charge in [0.2, 0.25) is 5.91 Å². The minimum atomic E-state index is -1.10. The number of carbonyl (C=O) groups is 4. The van der Waals surface area contributed by atoms with Gasteiger partial charge in [-0.1, -0.05) is 48.5 Å². The van der Waals surface area contributed by atoms with Crippen molar-refractivity contribution >= 4 is 52.9 Å². The van der Waals surface area contributed by atoms with E-state index in [-0.39, 0.29) is 28.5 Å². The Hall–Kier alpha value is -5.22. The van der Waals surface area contributed by atoms with Gasteiger partial charge in [-0.25, -0.2) is 9.18 Å². The Morgan fingerprint density at radius 2 is 1.41 bits per heavy atom. The summed E-state index contributed by atoms with van der Waals surface area (Å²) in [5, 5.41) is 17.0. The van der Waals surface area contributed by atoms with Crippen LogP contribution in [-0.4, -0.2) is 34.6 Å². The van der Waals surface area contributed by atoms with Crippen LogP contribution in [0.2, 0.25) is 0 Å². The fourth-order valence-electron chi connectivity index (χ4n) is 3.63. The first-order valence-electron chi connectivity index (χ1n) is 12.3. The van der Waals surface area contributed by atoms with Crippen molar-refractivity contribution < 1.29 is 28.7 Å². The molecule has 0 spiro atoms. The Kier molecular flexibility index (Phi) is 9.63. The SMILES string of the molecule is O=C(CSc1cccc(NC(=O)/C(=C/c2ccccc2F)NC(=O)c2ccccc2)c1)Nc1cccc(C(=O)O)c1. The Morgan fingerprint density at radius 1 is 0.756 bits per heavy atom. The molecule has 206 valence electrons. The van der Waals surface area contributed by atoms with Gasteiger partial charge in [0.05, 0.1) is 11.3 Å². The first-order valence-corrected chi connectivity index (χ1v) is 13.3. The molecule has 4 N–H and O–H groups in total. The van der Waals surface area contributed by atoms with Crippen LogP contribution in [0.3, 0.4) is 0 Å². The molecule has 0 aliphatic rings. The molecule has 3 amide bonds. The molecule has 0 fully saturated rings. The lowest BCUT2D eigenvalue weighted by molar-refractivity contribution is -0.114. The number of halogens is 1. The van der Waals surface area contributed by atoms with Crippen LogP contribution in [0.5, 0.6) is 0 Å². The zero-order valence-corrected chi connectivity index (χ0v) is 22.3. The van der Waals surface area contributed by atoms with E-state index >= 15 is 0 Å². The average Bonchev–Trinajstić information content (AvgIpc) is 2.97. The van der Waals surface area contributed by atoms with Gasteiger partial charge in [0.1, 0.15) is 11.5 Å². The molecule has 0 aromatic heterocycles. The second kappa shape index (κ2) is 13.7. The average molecular weight is 570 g/mol. The first kappa shape index (κ1) is 28.8. The van der Waals surface area contributed by atoms with E-state index in [1.54, 1.807) is 66.7 Å². The molecule has 0 saturated heterocycles. The van der Waals surface area contributed by atoms with Crippen molar-refractivity contribution in [2.75, 3.05) is 16.4 Å². The number of hydrogen-bond donors (Lipinski definition) is 4. The number of carboxylic acids is 1. The number of benzene rings is 4. The smallest absolute Gasteiger partial charge is 0.335 e. The maximum absolute atomic E-state index is 14.3. The number of aromatic carboxylic acids is 1. The summed E-state index contributed by atoms with van der Waals surface area (Å²) in [5.41, 5.74) is 1.10. The van der Waals surface area contributed by atoms with Gasteiger partial charge < -0.3 is 21.1 Å². The summed E-state index contributed by atoms with van der Waals surface area (Å²) in [6.45, 7) is 0. The number of anilines is 2. The number of carbonyl (C=O) groups excluding carboxylic acids is 3. The third-order valence-electron chi connectivity index (χ3n) is 5.59. The van der Waals surface area contributed by atoms with Crippen LogP contribution in [-0.2, 0) is 9.59 Å². The zero-order valence-electron chi connectivity index (χ0n) is 21.5. The number of amides is 3. The maximum atomic E-state index is 14.3. The van der Waals surface area contributed by atoms with Crippen molar-refractivity contribution in [3.63, 3.8) is 0 Å². The van der Waals surface area contributed by atoms with Crippen molar-refractivity contribution in [3.8, 4) is 0 Å². The van der Waals surface area contributed by atoms with Gasteiger partial charge in [0.25, 0.3) is 11.8 Å². The van der Waals surface area contributed by atoms with Crippen LogP contribution in [0.15, 0.2) is 114 Å². The summed E-state index contributed by atoms with van der Waals surface area (Å²) in [5.74, 6) is -3.17. The Labute approximate surface area is 239 Å². The van der Waals surface area contributed by atoms with E-state index in [0.29, 0.717) is 21.8 Å². The normalized spacial score (nSPS) is 10.9. The number of rotatable bonds is 10. The predicted octanol–water partition coefficient (Wildman–Crippen LogP) is 5.66. The topological polar surface area (TPSA) is 125 Å². The van der Waals surface area contributed by atoms with Gasteiger partial charge in [-0.15, -0.1) is 11.8 Å². The van der Waals surface area contributed by atoms with Crippen LogP contribution in [0.4, 0.5) is 15.8 Å². The molecule has 4 rings (SSSR count). The van der Waals surface area contributed by atoms with Crippen molar-refractivity contribution in [2.45, 2.75) is 4.90 Å². The van der Waals surface area contributed by atoms with E-state index < -0.39 is 23.6 Å². The molecule has 0 aliphatic heterocycles. The van der Waals surface area contributed by atoms with E-state index in [4.69, 9.17) is 5.11 Å². The lowest BCUT2D eigenvalue weighted by Gasteiger charge is -2.12. The van der Waals surface area contributed by atoms with Crippen molar-refractivity contribution in [1.82, 2.24) is 5.32 Å². The standard InChI is InChI=1S/C31H24FN3O5S/c32-26-15-5-4-10-21(26)17-27(35-29(37)20-8-2-1-3-9-20)30(38)34-24-13-7-14-25(18-24)41-19-28(36)33-23-12-6-11-22(16-23)31(39)40/h1-18H,19H2,(H,33,36)(H,34,38)(H,35,37)(H,39,40)/b27-17-. The molecular weight excluding hydrogens is 545 g/mol. The third-order valence-corrected chi connectivity index (χ3v) is 6.58. The highest BCUT2D eigenvalue weighted by Crippen LogP contribution is 2.23. The monoisotopic (exact) mass is 569 g/mol. The maximum Gasteiger partial charge on any atom is 0.335 e. The minimum Gasteiger partial charge on any atom is -0.478 e. The van der Waals surface area contributed by atoms with Crippen molar-refractivity contribution in [1.29, 1.82) is 0 Å². The molecule has 0 atom stereocenters. The minimum absolute atomic E-state index is 0.0280. The highest BCUT2D eigenvalue weighted by atomic mass is 32.2. The van der Waals surface area contributed by atoms with Crippen molar-refractivity contribution in [3.05, 3.63) is 131 Å². The van der Waals surface area contributed by atoms with E-state index in [1.807, 2.05) is 0 Å². The molecular formula is C31H24FN3O5S. The van der Waals surface area contributed by atoms with E-state index in [0.717, 1.165) is 0 Å². The van der Waals surface area contributed by atoms with E-state index in [2.05, 4.69) is 16.0 Å². The molecule has 0 saturated carbocycles. The Morgan fingerprint density at radius 3 is 2.15 bits per heavy atom. The molecule has 4 aromatic carbocycles. The molecule has 41 heavy (non-hydrogen) atoms. The van der Waals surface area contributed by atoms with Gasteiger partial charge >= 0.3 is 5.97 Å². The van der Waals surface area contributed by atoms with Crippen LogP contribution in [0, 0.1) is 5.82 Å². The Bertz CT molecular complexity index is 1630. The molecule has 0 bridgehead atoms. The van der Waals surface area contributed by atoms with Crippen LogP contribution < -0.4 is 16.0 Å². The molecule has 4 aromatic rings. The second-order valence-electron chi connectivity index (χ2n) is 8.60. The molecule has 8 nitrogen and oxygen atoms in total. The van der Waals surface area contributed by atoms with Crippen LogP contribution in [0.25, 0.3) is 6.08 Å². The summed E-state index contributed by atoms with van der Waals surface area (Å²) in [6, 6.07) is 26.8. The summed E-state index contributed by atoms with van der Waals surface area (Å²) < 4.78 is 14.3. The second-order valence-corrected chi connectivity index (χ2v) is 9.65. The summed E-state index contributed by atoms with van der Waals surface area (Å²) in [4.78, 5) is 50.2. The number of hydrogen-bond acceptors (Lipinski definition) is 5. The quantitative estimate of drug-likeness (QED) is 0.144. The number of thioether (sulfide) groups is 1. The number of nitrogens with one attached hydrogen (secondary N) is 3. The molecule has 0 aliphatic carbocycles. The van der Waals surface area contributed by atoms with E-state index in [9.17, 15) is 23.6 Å². The fourth-order valence-corrected chi connectivity index (χ4v) is 4.38. The third kappa shape index (κ3) is 8.38. The van der Waals surface area contributed by atoms with Gasteiger partial charge in [-0.3, -0.25) is 14.4 Å². The largest absolute Gasteiger partial charge is 0.478 e. The number of carboxylic acid groups (broad SMARTS) is 1. The molecule has 0 radical (unpaired) electrons. The highest BCUT2D eigenvalue weighted by molar-refractivity contribution is 8.00. The van der Waals surface area contributed by atoms with Gasteiger partial charge in [0.15, 0.2) is 0 Å². The summed E-state index contributed by atoms with van der Waals surface area (Å²) >= 11 is 1.21. The zero-order chi connectivity index (χ0) is 29.2. The predicted molar refractivity (Wildman–Crippen MR) is 156 cm³/mol. The summed E-state index contributed by atoms with van der Waals surface area (Å²) in [6.07, 6.45) is 1.26. The lowest BCUT2D eigenvalue weighted by Crippen LogP contribution is -2.30. The summed E-state index contributed by atoms with van der Waals surface area (Å²) in [7, 11) is 0. The van der Waals surface area contributed by atoms with E-state index in [1.165, 1.54) is 54.2 Å². The first-order chi connectivity index (χ1) is 19.8.